The normalized spacial score (nSPS) is 17.2. The number of urea groups is 1. The Morgan fingerprint density at radius 2 is 1.83 bits per heavy atom. The predicted molar refractivity (Wildman–Crippen MR) is 71.5 cm³/mol. The van der Waals surface area contributed by atoms with Crippen molar-refractivity contribution < 1.29 is 14.3 Å². The summed E-state index contributed by atoms with van der Waals surface area (Å²) in [7, 11) is 0. The van der Waals surface area contributed by atoms with Gasteiger partial charge in [-0.2, -0.15) is 0 Å². The Morgan fingerprint density at radius 1 is 1.28 bits per heavy atom. The molecule has 1 rings (SSSR count). The van der Waals surface area contributed by atoms with Gasteiger partial charge in [0.15, 0.2) is 0 Å². The second-order valence-corrected chi connectivity index (χ2v) is 5.55. The van der Waals surface area contributed by atoms with E-state index in [0.717, 1.165) is 12.8 Å². The van der Waals surface area contributed by atoms with E-state index in [0.29, 0.717) is 13.1 Å². The fourth-order valence-electron chi connectivity index (χ4n) is 1.77. The molecular formula is C11H21N3O3S. The highest BCUT2D eigenvalue weighted by molar-refractivity contribution is 7.78. The predicted octanol–water partition coefficient (Wildman–Crippen LogP) is 1.53. The van der Waals surface area contributed by atoms with Crippen molar-refractivity contribution in [2.24, 2.45) is 0 Å². The molecule has 7 heteroatoms. The number of hydrogen-bond donors (Lipinski definition) is 3. The monoisotopic (exact) mass is 275 g/mol. The van der Waals surface area contributed by atoms with Gasteiger partial charge >= 0.3 is 12.1 Å². The molecule has 1 aliphatic rings. The average molecular weight is 275 g/mol. The minimum Gasteiger partial charge on any atom is -0.444 e. The molecule has 104 valence electrons. The highest BCUT2D eigenvalue weighted by Gasteiger charge is 2.25. The van der Waals surface area contributed by atoms with Crippen LogP contribution in [-0.2, 0) is 4.74 Å². The van der Waals surface area contributed by atoms with Crippen LogP contribution in [0.15, 0.2) is 0 Å². The number of ether oxygens (including phenoxy) is 1. The lowest BCUT2D eigenvalue weighted by atomic mass is 10.1. The average Bonchev–Trinajstić information content (AvgIpc) is 2.26. The van der Waals surface area contributed by atoms with Gasteiger partial charge in [-0.05, 0) is 33.6 Å². The summed E-state index contributed by atoms with van der Waals surface area (Å²) >= 11 is 3.72. The molecule has 1 heterocycles. The lowest BCUT2D eigenvalue weighted by Crippen LogP contribution is -2.48. The van der Waals surface area contributed by atoms with Gasteiger partial charge in [0.1, 0.15) is 5.60 Å². The van der Waals surface area contributed by atoms with Crippen LogP contribution in [0, 0.1) is 0 Å². The van der Waals surface area contributed by atoms with Crippen LogP contribution >= 0.6 is 12.8 Å². The lowest BCUT2D eigenvalue weighted by Gasteiger charge is -2.32. The van der Waals surface area contributed by atoms with Gasteiger partial charge in [-0.15, -0.1) is 0 Å². The zero-order chi connectivity index (χ0) is 13.8. The van der Waals surface area contributed by atoms with Crippen molar-refractivity contribution in [3.63, 3.8) is 0 Å². The van der Waals surface area contributed by atoms with E-state index >= 15 is 0 Å². The summed E-state index contributed by atoms with van der Waals surface area (Å²) in [5.41, 5.74) is -0.489. The summed E-state index contributed by atoms with van der Waals surface area (Å²) in [4.78, 5) is 24.5. The molecule has 6 nitrogen and oxygen atoms in total. The Balaban J connectivity index is 2.31. The second-order valence-electron chi connectivity index (χ2n) is 5.32. The number of thiol groups is 1. The minimum atomic E-state index is -0.489. The zero-order valence-electron chi connectivity index (χ0n) is 11.0. The van der Waals surface area contributed by atoms with Crippen molar-refractivity contribution in [1.29, 1.82) is 0 Å². The second kappa shape index (κ2) is 6.17. The van der Waals surface area contributed by atoms with Crippen LogP contribution < -0.4 is 10.0 Å². The van der Waals surface area contributed by atoms with Crippen LogP contribution in [0.4, 0.5) is 9.59 Å². The Kier molecular flexibility index (Phi) is 5.13. The molecule has 0 aliphatic carbocycles. The van der Waals surface area contributed by atoms with Gasteiger partial charge in [0, 0.05) is 19.1 Å². The Bertz CT molecular complexity index is 309. The Hall–Kier alpha value is -1.11. The first-order chi connectivity index (χ1) is 8.31. The number of likely N-dealkylation sites (tertiary alicyclic amines) is 1. The molecule has 0 aromatic heterocycles. The van der Waals surface area contributed by atoms with E-state index in [2.05, 4.69) is 22.9 Å². The molecule has 0 radical (unpaired) electrons. The van der Waals surface area contributed by atoms with E-state index in [1.54, 1.807) is 4.90 Å². The summed E-state index contributed by atoms with van der Waals surface area (Å²) in [6.07, 6.45) is 1.04. The topological polar surface area (TPSA) is 70.7 Å². The van der Waals surface area contributed by atoms with Gasteiger partial charge in [0.05, 0.1) is 0 Å². The number of rotatable bonds is 1. The number of nitrogens with one attached hydrogen (secondary N) is 2. The minimum absolute atomic E-state index is 0.0591. The van der Waals surface area contributed by atoms with Crippen LogP contribution in [0.25, 0.3) is 0 Å². The van der Waals surface area contributed by atoms with E-state index < -0.39 is 11.7 Å². The maximum Gasteiger partial charge on any atom is 0.407 e. The van der Waals surface area contributed by atoms with Crippen molar-refractivity contribution in [1.82, 2.24) is 14.9 Å². The number of carbonyl (C=O) groups is 2. The standard InChI is InChI=1S/C11H21N3O3S/c1-11(2,3)17-10(16)12-8-4-6-14(7-5-8)9(15)13-18/h8,18H,4-7H2,1-3H3,(H,12,16)(H,13,15). The van der Waals surface area contributed by atoms with Crippen LogP contribution in [0.3, 0.4) is 0 Å². The van der Waals surface area contributed by atoms with E-state index in [1.165, 1.54) is 0 Å². The summed E-state index contributed by atoms with van der Waals surface area (Å²) in [6.45, 7) is 6.68. The molecule has 0 aromatic carbocycles. The molecule has 1 aliphatic heterocycles. The molecule has 18 heavy (non-hydrogen) atoms. The van der Waals surface area contributed by atoms with Gasteiger partial charge < -0.3 is 15.0 Å². The molecule has 0 spiro atoms. The first-order valence-electron chi connectivity index (χ1n) is 6.00. The zero-order valence-corrected chi connectivity index (χ0v) is 11.9. The van der Waals surface area contributed by atoms with Crippen molar-refractivity contribution in [3.8, 4) is 0 Å². The number of piperidine rings is 1. The molecule has 0 aromatic rings. The Morgan fingerprint density at radius 3 is 2.28 bits per heavy atom. The van der Waals surface area contributed by atoms with Gasteiger partial charge in [-0.25, -0.2) is 9.59 Å². The highest BCUT2D eigenvalue weighted by atomic mass is 32.1. The van der Waals surface area contributed by atoms with Crippen LogP contribution in [0.2, 0.25) is 0 Å². The number of amides is 3. The van der Waals surface area contributed by atoms with E-state index in [1.807, 2.05) is 20.8 Å². The highest BCUT2D eigenvalue weighted by Crippen LogP contribution is 2.12. The molecule has 0 atom stereocenters. The third-order valence-electron chi connectivity index (χ3n) is 2.60. The number of carbonyl (C=O) groups excluding carboxylic acids is 2. The van der Waals surface area contributed by atoms with Crippen molar-refractivity contribution in [2.75, 3.05) is 13.1 Å². The van der Waals surface area contributed by atoms with E-state index in [9.17, 15) is 9.59 Å². The molecule has 3 amide bonds. The maximum atomic E-state index is 11.6. The van der Waals surface area contributed by atoms with Gasteiger partial charge in [0.2, 0.25) is 0 Å². The lowest BCUT2D eigenvalue weighted by molar-refractivity contribution is 0.0486. The van der Waals surface area contributed by atoms with E-state index in [-0.39, 0.29) is 12.1 Å². The molecule has 0 unspecified atom stereocenters. The van der Waals surface area contributed by atoms with E-state index in [4.69, 9.17) is 4.74 Å². The third kappa shape index (κ3) is 5.03. The quantitative estimate of drug-likeness (QED) is 0.636. The molecule has 0 bridgehead atoms. The SMILES string of the molecule is CC(C)(C)OC(=O)NC1CCN(C(=O)NS)CC1. The third-order valence-corrected chi connectivity index (χ3v) is 2.79. The van der Waals surface area contributed by atoms with Crippen LogP contribution in [-0.4, -0.2) is 41.8 Å². The summed E-state index contributed by atoms with van der Waals surface area (Å²) in [5.74, 6) is 0. The van der Waals surface area contributed by atoms with Gasteiger partial charge in [-0.3, -0.25) is 4.72 Å². The molecule has 1 saturated heterocycles. The fraction of sp³-hybridized carbons (Fsp3) is 0.818. The van der Waals surface area contributed by atoms with Gasteiger partial charge in [0.25, 0.3) is 0 Å². The summed E-state index contributed by atoms with van der Waals surface area (Å²) in [6, 6.07) is -0.141. The molecule has 2 N–H and O–H groups in total. The fourth-order valence-corrected chi connectivity index (χ4v) is 1.91. The van der Waals surface area contributed by atoms with Crippen molar-refractivity contribution >= 4 is 24.9 Å². The summed E-state index contributed by atoms with van der Waals surface area (Å²) < 4.78 is 7.47. The molecule has 1 fully saturated rings. The molecule has 0 saturated carbocycles. The first-order valence-corrected chi connectivity index (χ1v) is 6.45. The maximum absolute atomic E-state index is 11.6. The largest absolute Gasteiger partial charge is 0.444 e. The van der Waals surface area contributed by atoms with Crippen molar-refractivity contribution in [2.45, 2.75) is 45.3 Å². The smallest absolute Gasteiger partial charge is 0.407 e. The number of hydrogen-bond acceptors (Lipinski definition) is 4. The number of nitrogens with zero attached hydrogens (tertiary/aromatic N) is 1. The Labute approximate surface area is 113 Å². The molecular weight excluding hydrogens is 254 g/mol. The van der Waals surface area contributed by atoms with Crippen molar-refractivity contribution in [3.05, 3.63) is 0 Å². The summed E-state index contributed by atoms with van der Waals surface area (Å²) in [5, 5.41) is 2.81. The van der Waals surface area contributed by atoms with Crippen LogP contribution in [0.1, 0.15) is 33.6 Å². The number of alkyl carbamates (subject to hydrolysis) is 1. The van der Waals surface area contributed by atoms with Crippen LogP contribution in [0.5, 0.6) is 0 Å². The first kappa shape index (κ1) is 14.9. The van der Waals surface area contributed by atoms with Gasteiger partial charge in [-0.1, -0.05) is 12.8 Å².